The summed E-state index contributed by atoms with van der Waals surface area (Å²) in [5, 5.41) is 3.18. The Hall–Kier alpha value is -2.69. The van der Waals surface area contributed by atoms with E-state index in [-0.39, 0.29) is 0 Å². The summed E-state index contributed by atoms with van der Waals surface area (Å²) in [4.78, 5) is 4.40. The van der Waals surface area contributed by atoms with Gasteiger partial charge in [-0.1, -0.05) is 35.4 Å². The molecule has 3 N–H and O–H groups in total. The summed E-state index contributed by atoms with van der Waals surface area (Å²) in [6, 6.07) is 12.5. The Morgan fingerprint density at radius 2 is 1.62 bits per heavy atom. The maximum atomic E-state index is 5.96. The second-order valence-electron chi connectivity index (χ2n) is 6.38. The summed E-state index contributed by atoms with van der Waals surface area (Å²) in [5.74, 6) is 1.94. The van der Waals surface area contributed by atoms with Crippen molar-refractivity contribution in [1.82, 2.24) is 5.32 Å². The summed E-state index contributed by atoms with van der Waals surface area (Å²) in [6.45, 7) is 5.63. The van der Waals surface area contributed by atoms with E-state index in [1.807, 2.05) is 18.2 Å². The zero-order valence-corrected chi connectivity index (χ0v) is 16.1. The van der Waals surface area contributed by atoms with Crippen LogP contribution in [0.3, 0.4) is 0 Å². The van der Waals surface area contributed by atoms with E-state index in [0.29, 0.717) is 12.5 Å². The number of nitrogens with one attached hydrogen (secondary N) is 1. The first-order valence-electron chi connectivity index (χ1n) is 8.83. The molecule has 5 nitrogen and oxygen atoms in total. The van der Waals surface area contributed by atoms with Crippen molar-refractivity contribution in [3.8, 4) is 11.5 Å². The third-order valence-electron chi connectivity index (χ3n) is 4.13. The molecule has 0 saturated heterocycles. The Balaban J connectivity index is 1.79. The Kier molecular flexibility index (Phi) is 7.33. The fourth-order valence-corrected chi connectivity index (χ4v) is 2.95. The highest BCUT2D eigenvalue weighted by Gasteiger charge is 2.04. The van der Waals surface area contributed by atoms with Gasteiger partial charge in [0.05, 0.1) is 14.2 Å². The Labute approximate surface area is 156 Å². The highest BCUT2D eigenvalue weighted by molar-refractivity contribution is 5.77. The zero-order valence-electron chi connectivity index (χ0n) is 16.1. The van der Waals surface area contributed by atoms with Crippen LogP contribution in [0.15, 0.2) is 41.4 Å². The normalized spacial score (nSPS) is 11.3. The van der Waals surface area contributed by atoms with Gasteiger partial charge in [0, 0.05) is 13.1 Å². The zero-order chi connectivity index (χ0) is 18.9. The molecule has 0 spiro atoms. The lowest BCUT2D eigenvalue weighted by molar-refractivity contribution is 0.354. The SMILES string of the molecule is COc1ccc(CCN=C(N)NCCc2cc(C)cc(C)c2)cc1OC. The van der Waals surface area contributed by atoms with E-state index >= 15 is 0 Å². The molecule has 0 fully saturated rings. The Morgan fingerprint density at radius 3 is 2.27 bits per heavy atom. The topological polar surface area (TPSA) is 68.9 Å². The molecule has 0 aliphatic heterocycles. The lowest BCUT2D eigenvalue weighted by Gasteiger charge is -2.09. The van der Waals surface area contributed by atoms with Gasteiger partial charge in [0.2, 0.25) is 0 Å². The molecule has 2 aromatic rings. The van der Waals surface area contributed by atoms with E-state index in [2.05, 4.69) is 42.4 Å². The molecule has 2 aromatic carbocycles. The molecule has 0 atom stereocenters. The highest BCUT2D eigenvalue weighted by Crippen LogP contribution is 2.27. The number of aryl methyl sites for hydroxylation is 2. The van der Waals surface area contributed by atoms with E-state index in [1.54, 1.807) is 14.2 Å². The molecule has 140 valence electrons. The molecular formula is C21H29N3O2. The van der Waals surface area contributed by atoms with Crippen LogP contribution in [0.4, 0.5) is 0 Å². The fraction of sp³-hybridized carbons (Fsp3) is 0.381. The second-order valence-corrected chi connectivity index (χ2v) is 6.38. The van der Waals surface area contributed by atoms with Crippen molar-refractivity contribution in [2.24, 2.45) is 10.7 Å². The average Bonchev–Trinajstić information content (AvgIpc) is 2.60. The molecule has 26 heavy (non-hydrogen) atoms. The van der Waals surface area contributed by atoms with Crippen molar-refractivity contribution >= 4 is 5.96 Å². The van der Waals surface area contributed by atoms with Gasteiger partial charge in [-0.2, -0.15) is 0 Å². The fourth-order valence-electron chi connectivity index (χ4n) is 2.95. The number of nitrogens with two attached hydrogens (primary N) is 1. The quantitative estimate of drug-likeness (QED) is 0.564. The van der Waals surface area contributed by atoms with Crippen LogP contribution in [0.5, 0.6) is 11.5 Å². The smallest absolute Gasteiger partial charge is 0.188 e. The first-order chi connectivity index (χ1) is 12.5. The van der Waals surface area contributed by atoms with E-state index < -0.39 is 0 Å². The second kappa shape index (κ2) is 9.70. The standard InChI is InChI=1S/C21H29N3O2/c1-15-11-16(2)13-18(12-15)8-10-24-21(22)23-9-7-17-5-6-19(25-3)20(14-17)26-4/h5-6,11-14H,7-10H2,1-4H3,(H3,22,23,24). The van der Waals surface area contributed by atoms with Gasteiger partial charge < -0.3 is 20.5 Å². The number of hydrogen-bond donors (Lipinski definition) is 2. The van der Waals surface area contributed by atoms with Crippen LogP contribution in [-0.4, -0.2) is 33.3 Å². The molecule has 0 radical (unpaired) electrons. The van der Waals surface area contributed by atoms with E-state index in [4.69, 9.17) is 15.2 Å². The summed E-state index contributed by atoms with van der Waals surface area (Å²) in [7, 11) is 3.27. The molecule has 2 rings (SSSR count). The number of aliphatic imine (C=N–C) groups is 1. The molecular weight excluding hydrogens is 326 g/mol. The van der Waals surface area contributed by atoms with Gasteiger partial charge in [-0.15, -0.1) is 0 Å². The van der Waals surface area contributed by atoms with Crippen molar-refractivity contribution in [3.05, 3.63) is 58.7 Å². The predicted molar refractivity (Wildman–Crippen MR) is 107 cm³/mol. The number of rotatable bonds is 8. The van der Waals surface area contributed by atoms with E-state index in [9.17, 15) is 0 Å². The monoisotopic (exact) mass is 355 g/mol. The van der Waals surface area contributed by atoms with Crippen molar-refractivity contribution < 1.29 is 9.47 Å². The van der Waals surface area contributed by atoms with Gasteiger partial charge in [0.25, 0.3) is 0 Å². The molecule has 0 aliphatic carbocycles. The average molecular weight is 355 g/mol. The lowest BCUT2D eigenvalue weighted by atomic mass is 10.1. The maximum absolute atomic E-state index is 5.96. The number of nitrogens with zero attached hydrogens (tertiary/aromatic N) is 1. The number of ether oxygens (including phenoxy) is 2. The van der Waals surface area contributed by atoms with Crippen LogP contribution in [0.2, 0.25) is 0 Å². The molecule has 0 amide bonds. The molecule has 0 bridgehead atoms. The molecule has 0 aliphatic rings. The Morgan fingerprint density at radius 1 is 0.923 bits per heavy atom. The van der Waals surface area contributed by atoms with Crippen LogP contribution in [-0.2, 0) is 12.8 Å². The van der Waals surface area contributed by atoms with Gasteiger partial charge in [0.1, 0.15) is 0 Å². The van der Waals surface area contributed by atoms with Crippen molar-refractivity contribution in [1.29, 1.82) is 0 Å². The van der Waals surface area contributed by atoms with E-state index in [0.717, 1.165) is 36.4 Å². The van der Waals surface area contributed by atoms with Crippen LogP contribution in [0.1, 0.15) is 22.3 Å². The first-order valence-corrected chi connectivity index (χ1v) is 8.83. The van der Waals surface area contributed by atoms with Gasteiger partial charge in [0.15, 0.2) is 17.5 Å². The predicted octanol–water partition coefficient (Wildman–Crippen LogP) is 3.01. The largest absolute Gasteiger partial charge is 0.493 e. The van der Waals surface area contributed by atoms with Crippen LogP contribution in [0.25, 0.3) is 0 Å². The summed E-state index contributed by atoms with van der Waals surface area (Å²) >= 11 is 0. The van der Waals surface area contributed by atoms with Crippen molar-refractivity contribution in [2.75, 3.05) is 27.3 Å². The molecule has 0 heterocycles. The minimum atomic E-state index is 0.481. The maximum Gasteiger partial charge on any atom is 0.188 e. The number of methoxy groups -OCH3 is 2. The number of hydrogen-bond acceptors (Lipinski definition) is 3. The minimum Gasteiger partial charge on any atom is -0.493 e. The van der Waals surface area contributed by atoms with E-state index in [1.165, 1.54) is 16.7 Å². The van der Waals surface area contributed by atoms with Gasteiger partial charge in [-0.05, 0) is 49.9 Å². The molecule has 0 aromatic heterocycles. The molecule has 5 heteroatoms. The number of benzene rings is 2. The Bertz CT molecular complexity index is 737. The van der Waals surface area contributed by atoms with Crippen LogP contribution in [0, 0.1) is 13.8 Å². The summed E-state index contributed by atoms with van der Waals surface area (Å²) < 4.78 is 10.6. The summed E-state index contributed by atoms with van der Waals surface area (Å²) in [6.07, 6.45) is 1.72. The van der Waals surface area contributed by atoms with Crippen molar-refractivity contribution in [2.45, 2.75) is 26.7 Å². The van der Waals surface area contributed by atoms with Crippen molar-refractivity contribution in [3.63, 3.8) is 0 Å². The molecule has 0 saturated carbocycles. The highest BCUT2D eigenvalue weighted by atomic mass is 16.5. The van der Waals surface area contributed by atoms with Crippen LogP contribution < -0.4 is 20.5 Å². The van der Waals surface area contributed by atoms with Gasteiger partial charge in [-0.3, -0.25) is 4.99 Å². The van der Waals surface area contributed by atoms with Crippen LogP contribution >= 0.6 is 0 Å². The third kappa shape index (κ3) is 5.99. The third-order valence-corrected chi connectivity index (χ3v) is 4.13. The first kappa shape index (κ1) is 19.6. The lowest BCUT2D eigenvalue weighted by Crippen LogP contribution is -2.33. The minimum absolute atomic E-state index is 0.481. The summed E-state index contributed by atoms with van der Waals surface area (Å²) in [5.41, 5.74) is 11.0. The van der Waals surface area contributed by atoms with Gasteiger partial charge >= 0.3 is 0 Å². The number of guanidine groups is 1. The molecule has 0 unspecified atom stereocenters. The van der Waals surface area contributed by atoms with Gasteiger partial charge in [-0.25, -0.2) is 0 Å².